The van der Waals surface area contributed by atoms with Crippen LogP contribution < -0.4 is 14.8 Å². The molecule has 0 aliphatic heterocycles. The Morgan fingerprint density at radius 3 is 1.42 bits per heavy atom. The van der Waals surface area contributed by atoms with Gasteiger partial charge in [-0.25, -0.2) is 0 Å². The lowest BCUT2D eigenvalue weighted by Gasteiger charge is -2.14. The molecule has 0 atom stereocenters. The van der Waals surface area contributed by atoms with Gasteiger partial charge in [-0.05, 0) is 50.7 Å². The Labute approximate surface area is 290 Å². The molecule has 0 radical (unpaired) electrons. The molecule has 0 aliphatic rings. The van der Waals surface area contributed by atoms with Crippen molar-refractivity contribution in [3.05, 3.63) is 18.2 Å². The number of carbonyl (C=O) groups is 2. The van der Waals surface area contributed by atoms with Crippen LogP contribution in [0.4, 0.5) is 5.69 Å². The number of benzene rings is 1. The highest BCUT2D eigenvalue weighted by molar-refractivity contribution is 5.69. The molecule has 0 heterocycles. The number of anilines is 1. The third-order valence-corrected chi connectivity index (χ3v) is 7.31. The summed E-state index contributed by atoms with van der Waals surface area (Å²) in [5.74, 6) is 0.796. The van der Waals surface area contributed by atoms with Crippen molar-refractivity contribution in [1.29, 1.82) is 0 Å². The number of hydrogen-bond donors (Lipinski definition) is 1. The molecule has 0 saturated heterocycles. The number of hydrogen-bond acceptors (Lipinski definition) is 11. The van der Waals surface area contributed by atoms with Gasteiger partial charge in [-0.15, -0.1) is 0 Å². The smallest absolute Gasteiger partial charge is 0.305 e. The highest BCUT2D eigenvalue weighted by atomic mass is 16.6. The highest BCUT2D eigenvalue weighted by Crippen LogP contribution is 2.31. The minimum atomic E-state index is -0.238. The molecular formula is C37H65NO10. The van der Waals surface area contributed by atoms with Crippen LogP contribution in [0.1, 0.15) is 104 Å². The van der Waals surface area contributed by atoms with Crippen LogP contribution in [-0.2, 0) is 38.0 Å². The van der Waals surface area contributed by atoms with Crippen LogP contribution >= 0.6 is 0 Å². The van der Waals surface area contributed by atoms with E-state index in [4.69, 9.17) is 37.9 Å². The van der Waals surface area contributed by atoms with Gasteiger partial charge in [0.1, 0.15) is 13.2 Å². The van der Waals surface area contributed by atoms with Crippen molar-refractivity contribution in [2.75, 3.05) is 91.6 Å². The second-order valence-electron chi connectivity index (χ2n) is 11.5. The molecule has 0 spiro atoms. The Kier molecular flexibility index (Phi) is 29.8. The Bertz CT molecular complexity index is 901. The molecule has 0 bridgehead atoms. The van der Waals surface area contributed by atoms with Gasteiger partial charge in [0, 0.05) is 44.9 Å². The quantitative estimate of drug-likeness (QED) is 0.0581. The van der Waals surface area contributed by atoms with E-state index in [0.717, 1.165) is 31.7 Å². The SMILES string of the molecule is CCCCCCOCCOCCOC(=O)CCCCOc1ccc(NC)cc1OCCCCC(=O)OCCOCCOCCCCCC. The Hall–Kier alpha value is -2.60. The molecule has 0 saturated carbocycles. The fraction of sp³-hybridized carbons (Fsp3) is 0.784. The number of ether oxygens (including phenoxy) is 8. The topological polar surface area (TPSA) is 120 Å². The van der Waals surface area contributed by atoms with Crippen molar-refractivity contribution < 1.29 is 47.5 Å². The minimum Gasteiger partial charge on any atom is -0.490 e. The number of nitrogens with one attached hydrogen (secondary N) is 1. The molecular weight excluding hydrogens is 618 g/mol. The average Bonchev–Trinajstić information content (AvgIpc) is 3.09. The van der Waals surface area contributed by atoms with Crippen LogP contribution in [-0.4, -0.2) is 98.3 Å². The summed E-state index contributed by atoms with van der Waals surface area (Å²) in [6.45, 7) is 10.2. The molecule has 278 valence electrons. The normalized spacial score (nSPS) is 11.0. The van der Waals surface area contributed by atoms with Gasteiger partial charge < -0.3 is 43.2 Å². The van der Waals surface area contributed by atoms with E-state index < -0.39 is 0 Å². The first-order chi connectivity index (χ1) is 23.6. The minimum absolute atomic E-state index is 0.237. The standard InChI is InChI=1S/C37H65NO10/c1-4-6-8-12-20-41-24-26-43-28-30-47-36(39)16-10-14-22-45-34-19-18-33(38-3)32-35(34)46-23-15-11-17-37(40)48-31-29-44-27-25-42-21-13-9-7-5-2/h18-19,32,38H,4-17,20-31H2,1-3H3. The van der Waals surface area contributed by atoms with E-state index >= 15 is 0 Å². The van der Waals surface area contributed by atoms with E-state index in [1.807, 2.05) is 25.2 Å². The summed E-state index contributed by atoms with van der Waals surface area (Å²) in [5.41, 5.74) is 0.906. The van der Waals surface area contributed by atoms with Crippen LogP contribution in [0.5, 0.6) is 11.5 Å². The lowest BCUT2D eigenvalue weighted by atomic mass is 10.2. The van der Waals surface area contributed by atoms with Crippen LogP contribution in [0.15, 0.2) is 18.2 Å². The number of rotatable bonds is 35. The lowest BCUT2D eigenvalue weighted by Crippen LogP contribution is -2.13. The van der Waals surface area contributed by atoms with Crippen LogP contribution in [0.2, 0.25) is 0 Å². The van der Waals surface area contributed by atoms with Gasteiger partial charge in [-0.2, -0.15) is 0 Å². The zero-order valence-electron chi connectivity index (χ0n) is 30.2. The van der Waals surface area contributed by atoms with E-state index in [2.05, 4.69) is 19.2 Å². The summed E-state index contributed by atoms with van der Waals surface area (Å²) in [5, 5.41) is 3.11. The van der Waals surface area contributed by atoms with E-state index in [1.165, 1.54) is 38.5 Å². The van der Waals surface area contributed by atoms with Crippen molar-refractivity contribution in [1.82, 2.24) is 0 Å². The van der Waals surface area contributed by atoms with E-state index in [0.29, 0.717) is 103 Å². The summed E-state index contributed by atoms with van der Waals surface area (Å²) < 4.78 is 44.4. The van der Waals surface area contributed by atoms with Gasteiger partial charge in [0.15, 0.2) is 11.5 Å². The second kappa shape index (κ2) is 32.9. The first-order valence-electron chi connectivity index (χ1n) is 18.3. The molecule has 48 heavy (non-hydrogen) atoms. The van der Waals surface area contributed by atoms with Crippen molar-refractivity contribution in [3.8, 4) is 11.5 Å². The van der Waals surface area contributed by atoms with Gasteiger partial charge in [0.2, 0.25) is 0 Å². The van der Waals surface area contributed by atoms with Gasteiger partial charge in [-0.3, -0.25) is 9.59 Å². The predicted molar refractivity (Wildman–Crippen MR) is 188 cm³/mol. The molecule has 11 nitrogen and oxygen atoms in total. The van der Waals surface area contributed by atoms with E-state index in [-0.39, 0.29) is 25.2 Å². The van der Waals surface area contributed by atoms with Gasteiger partial charge in [-0.1, -0.05) is 52.4 Å². The Morgan fingerprint density at radius 1 is 0.500 bits per heavy atom. The second-order valence-corrected chi connectivity index (χ2v) is 11.5. The molecule has 0 aromatic heterocycles. The third-order valence-electron chi connectivity index (χ3n) is 7.31. The molecule has 0 aliphatic carbocycles. The predicted octanol–water partition coefficient (Wildman–Crippen LogP) is 7.14. The van der Waals surface area contributed by atoms with Crippen LogP contribution in [0, 0.1) is 0 Å². The zero-order chi connectivity index (χ0) is 34.8. The van der Waals surface area contributed by atoms with Crippen LogP contribution in [0.3, 0.4) is 0 Å². The molecule has 0 amide bonds. The maximum Gasteiger partial charge on any atom is 0.305 e. The molecule has 0 fully saturated rings. The fourth-order valence-electron chi connectivity index (χ4n) is 4.48. The van der Waals surface area contributed by atoms with Crippen LogP contribution in [0.25, 0.3) is 0 Å². The largest absolute Gasteiger partial charge is 0.490 e. The first-order valence-corrected chi connectivity index (χ1v) is 18.3. The van der Waals surface area contributed by atoms with Crippen molar-refractivity contribution in [3.63, 3.8) is 0 Å². The zero-order valence-corrected chi connectivity index (χ0v) is 30.2. The number of esters is 2. The van der Waals surface area contributed by atoms with E-state index in [1.54, 1.807) is 0 Å². The summed E-state index contributed by atoms with van der Waals surface area (Å²) >= 11 is 0. The number of unbranched alkanes of at least 4 members (excludes halogenated alkanes) is 8. The summed E-state index contributed by atoms with van der Waals surface area (Å²) in [6, 6.07) is 5.68. The summed E-state index contributed by atoms with van der Waals surface area (Å²) in [4.78, 5) is 24.0. The summed E-state index contributed by atoms with van der Waals surface area (Å²) in [7, 11) is 1.84. The van der Waals surface area contributed by atoms with E-state index in [9.17, 15) is 9.59 Å². The highest BCUT2D eigenvalue weighted by Gasteiger charge is 2.09. The molecule has 1 aromatic rings. The molecule has 0 unspecified atom stereocenters. The molecule has 11 heteroatoms. The number of carbonyl (C=O) groups excluding carboxylic acids is 2. The first kappa shape index (κ1) is 43.4. The van der Waals surface area contributed by atoms with Gasteiger partial charge in [0.05, 0.1) is 52.9 Å². The maximum absolute atomic E-state index is 12.0. The third kappa shape index (κ3) is 26.4. The van der Waals surface area contributed by atoms with Gasteiger partial charge >= 0.3 is 11.9 Å². The molecule has 1 N–H and O–H groups in total. The lowest BCUT2D eigenvalue weighted by molar-refractivity contribution is -0.146. The molecule has 1 aromatic carbocycles. The summed E-state index contributed by atoms with van der Waals surface area (Å²) in [6.07, 6.45) is 12.9. The van der Waals surface area contributed by atoms with Crippen molar-refractivity contribution in [2.24, 2.45) is 0 Å². The monoisotopic (exact) mass is 683 g/mol. The van der Waals surface area contributed by atoms with Gasteiger partial charge in [0.25, 0.3) is 0 Å². The Morgan fingerprint density at radius 2 is 0.938 bits per heavy atom. The maximum atomic E-state index is 12.0. The Balaban J connectivity index is 2.09. The fourth-order valence-corrected chi connectivity index (χ4v) is 4.48. The average molecular weight is 684 g/mol. The van der Waals surface area contributed by atoms with Crippen molar-refractivity contribution in [2.45, 2.75) is 104 Å². The van der Waals surface area contributed by atoms with Crippen molar-refractivity contribution >= 4 is 17.6 Å². The molecule has 1 rings (SSSR count).